The van der Waals surface area contributed by atoms with Gasteiger partial charge in [0.25, 0.3) is 0 Å². The molecule has 1 amide bonds. The molecule has 0 spiro atoms. The Morgan fingerprint density at radius 3 is 2.88 bits per heavy atom. The molecule has 17 heavy (non-hydrogen) atoms. The van der Waals surface area contributed by atoms with Crippen LogP contribution in [0.4, 0.5) is 5.82 Å². The third-order valence-corrected chi connectivity index (χ3v) is 4.38. The van der Waals surface area contributed by atoms with Crippen LogP contribution in [0.15, 0.2) is 4.34 Å². The zero-order valence-corrected chi connectivity index (χ0v) is 11.8. The first-order valence-electron chi connectivity index (χ1n) is 5.38. The van der Waals surface area contributed by atoms with E-state index in [0.717, 1.165) is 22.9 Å². The van der Waals surface area contributed by atoms with Gasteiger partial charge in [0.1, 0.15) is 10.9 Å². The Balaban J connectivity index is 2.84. The molecule has 1 rings (SSSR count). The van der Waals surface area contributed by atoms with Gasteiger partial charge in [0.2, 0.25) is 5.91 Å². The van der Waals surface area contributed by atoms with E-state index >= 15 is 0 Å². The van der Waals surface area contributed by atoms with Crippen molar-refractivity contribution < 1.29 is 4.79 Å². The molecular weight excluding hydrogens is 254 g/mol. The van der Waals surface area contributed by atoms with Crippen LogP contribution in [0.1, 0.15) is 31.6 Å². The number of unbranched alkanes of at least 4 members (excludes halogenated alkanes) is 1. The number of amides is 1. The first kappa shape index (κ1) is 14.0. The van der Waals surface area contributed by atoms with Gasteiger partial charge < -0.3 is 0 Å². The summed E-state index contributed by atoms with van der Waals surface area (Å²) in [6, 6.07) is 2.09. The number of anilines is 1. The summed E-state index contributed by atoms with van der Waals surface area (Å²) in [5.74, 6) is 1.36. The molecule has 6 heteroatoms. The summed E-state index contributed by atoms with van der Waals surface area (Å²) in [7, 11) is 1.64. The largest absolute Gasteiger partial charge is 0.298 e. The van der Waals surface area contributed by atoms with E-state index in [0.29, 0.717) is 10.7 Å². The fraction of sp³-hybridized carbons (Fsp3) is 0.545. The molecule has 0 aliphatic heterocycles. The van der Waals surface area contributed by atoms with E-state index in [1.807, 2.05) is 0 Å². The van der Waals surface area contributed by atoms with Gasteiger partial charge in [-0.15, -0.1) is 0 Å². The molecule has 0 bridgehead atoms. The quantitative estimate of drug-likeness (QED) is 0.609. The number of carbonyl (C=O) groups excluding carboxylic acids is 1. The van der Waals surface area contributed by atoms with Gasteiger partial charge in [-0.2, -0.15) is 5.26 Å². The second kappa shape index (κ2) is 6.62. The number of thioether (sulfide) groups is 1. The minimum absolute atomic E-state index is 0.114. The Hall–Kier alpha value is -1.06. The standard InChI is InChI=1S/C11H15N3OS2/c1-4-5-6-16-11-13-10(9(7-12)17-11)14(3)8(2)15/h4-6H2,1-3H3. The van der Waals surface area contributed by atoms with Crippen LogP contribution in [0.2, 0.25) is 0 Å². The highest BCUT2D eigenvalue weighted by Gasteiger charge is 2.17. The van der Waals surface area contributed by atoms with Crippen LogP contribution in [-0.2, 0) is 4.79 Å². The van der Waals surface area contributed by atoms with Crippen molar-refractivity contribution in [2.45, 2.75) is 31.0 Å². The number of nitriles is 1. The lowest BCUT2D eigenvalue weighted by molar-refractivity contribution is -0.116. The van der Waals surface area contributed by atoms with Crippen molar-refractivity contribution in [1.82, 2.24) is 4.98 Å². The lowest BCUT2D eigenvalue weighted by Gasteiger charge is -2.10. The number of nitrogens with zero attached hydrogens (tertiary/aromatic N) is 3. The molecule has 0 saturated heterocycles. The Labute approximate surface area is 110 Å². The number of hydrogen-bond donors (Lipinski definition) is 0. The topological polar surface area (TPSA) is 57.0 Å². The van der Waals surface area contributed by atoms with Crippen molar-refractivity contribution in [3.05, 3.63) is 4.88 Å². The summed E-state index contributed by atoms with van der Waals surface area (Å²) in [4.78, 5) is 17.5. The summed E-state index contributed by atoms with van der Waals surface area (Å²) in [6.45, 7) is 3.60. The minimum Gasteiger partial charge on any atom is -0.298 e. The molecule has 0 atom stereocenters. The molecule has 92 valence electrons. The van der Waals surface area contributed by atoms with Crippen molar-refractivity contribution in [3.8, 4) is 6.07 Å². The minimum atomic E-state index is -0.114. The lowest BCUT2D eigenvalue weighted by atomic mass is 10.4. The van der Waals surface area contributed by atoms with E-state index in [9.17, 15) is 4.79 Å². The average molecular weight is 269 g/mol. The summed E-state index contributed by atoms with van der Waals surface area (Å²) < 4.78 is 0.859. The molecule has 0 saturated carbocycles. The Bertz CT molecular complexity index is 436. The maximum Gasteiger partial charge on any atom is 0.224 e. The predicted molar refractivity (Wildman–Crippen MR) is 71.5 cm³/mol. The van der Waals surface area contributed by atoms with Crippen molar-refractivity contribution in [2.24, 2.45) is 0 Å². The first-order valence-corrected chi connectivity index (χ1v) is 7.18. The Kier molecular flexibility index (Phi) is 5.45. The highest BCUT2D eigenvalue weighted by atomic mass is 32.2. The van der Waals surface area contributed by atoms with Crippen LogP contribution >= 0.6 is 23.1 Å². The highest BCUT2D eigenvalue weighted by Crippen LogP contribution is 2.32. The normalized spacial score (nSPS) is 10.0. The average Bonchev–Trinajstić information content (AvgIpc) is 2.71. The van der Waals surface area contributed by atoms with E-state index < -0.39 is 0 Å². The molecule has 0 aromatic carbocycles. The summed E-state index contributed by atoms with van der Waals surface area (Å²) in [6.07, 6.45) is 2.27. The van der Waals surface area contributed by atoms with Crippen molar-refractivity contribution in [1.29, 1.82) is 5.26 Å². The van der Waals surface area contributed by atoms with Gasteiger partial charge in [-0.3, -0.25) is 9.69 Å². The maximum absolute atomic E-state index is 11.3. The molecule has 0 N–H and O–H groups in total. The summed E-state index contributed by atoms with van der Waals surface area (Å²) in [5, 5.41) is 9.01. The number of hydrogen-bond acceptors (Lipinski definition) is 5. The van der Waals surface area contributed by atoms with Gasteiger partial charge in [-0.1, -0.05) is 36.4 Å². The van der Waals surface area contributed by atoms with Crippen molar-refractivity contribution in [2.75, 3.05) is 17.7 Å². The second-order valence-corrected chi connectivity index (χ2v) is 5.87. The van der Waals surface area contributed by atoms with Gasteiger partial charge in [0.05, 0.1) is 0 Å². The molecule has 0 aliphatic rings. The van der Waals surface area contributed by atoms with E-state index in [-0.39, 0.29) is 5.91 Å². The first-order chi connectivity index (χ1) is 8.10. The summed E-state index contributed by atoms with van der Waals surface area (Å²) >= 11 is 3.00. The molecule has 0 unspecified atom stereocenters. The van der Waals surface area contributed by atoms with E-state index in [2.05, 4.69) is 18.0 Å². The molecule has 4 nitrogen and oxygen atoms in total. The number of carbonyl (C=O) groups is 1. The zero-order chi connectivity index (χ0) is 12.8. The fourth-order valence-corrected chi connectivity index (χ4v) is 3.23. The zero-order valence-electron chi connectivity index (χ0n) is 10.2. The molecule has 1 aromatic rings. The Morgan fingerprint density at radius 2 is 2.35 bits per heavy atom. The Morgan fingerprint density at radius 1 is 1.65 bits per heavy atom. The molecule has 0 aliphatic carbocycles. The van der Waals surface area contributed by atoms with E-state index in [4.69, 9.17) is 5.26 Å². The van der Waals surface area contributed by atoms with E-state index in [1.165, 1.54) is 23.2 Å². The smallest absolute Gasteiger partial charge is 0.224 e. The molecule has 0 fully saturated rings. The monoisotopic (exact) mass is 269 g/mol. The molecule has 1 heterocycles. The molecular formula is C11H15N3OS2. The van der Waals surface area contributed by atoms with Gasteiger partial charge in [0, 0.05) is 19.7 Å². The second-order valence-electron chi connectivity index (χ2n) is 3.52. The maximum atomic E-state index is 11.3. The van der Waals surface area contributed by atoms with Crippen LogP contribution in [0.5, 0.6) is 0 Å². The fourth-order valence-electron chi connectivity index (χ4n) is 1.11. The lowest BCUT2D eigenvalue weighted by Crippen LogP contribution is -2.23. The third kappa shape index (κ3) is 3.72. The van der Waals surface area contributed by atoms with Gasteiger partial charge in [0.15, 0.2) is 10.2 Å². The van der Waals surface area contributed by atoms with Crippen molar-refractivity contribution >= 4 is 34.8 Å². The number of rotatable bonds is 5. The number of aromatic nitrogens is 1. The number of thiazole rings is 1. The van der Waals surface area contributed by atoms with Crippen LogP contribution in [0.3, 0.4) is 0 Å². The molecule has 1 aromatic heterocycles. The van der Waals surface area contributed by atoms with E-state index in [1.54, 1.807) is 18.8 Å². The van der Waals surface area contributed by atoms with Crippen LogP contribution in [0, 0.1) is 11.3 Å². The van der Waals surface area contributed by atoms with Crippen molar-refractivity contribution in [3.63, 3.8) is 0 Å². The highest BCUT2D eigenvalue weighted by molar-refractivity contribution is 8.01. The van der Waals surface area contributed by atoms with Gasteiger partial charge in [-0.05, 0) is 6.42 Å². The van der Waals surface area contributed by atoms with Crippen LogP contribution in [-0.4, -0.2) is 23.7 Å². The molecule has 0 radical (unpaired) electrons. The van der Waals surface area contributed by atoms with Gasteiger partial charge in [-0.25, -0.2) is 4.98 Å². The summed E-state index contributed by atoms with van der Waals surface area (Å²) in [5.41, 5.74) is 0. The van der Waals surface area contributed by atoms with Crippen LogP contribution < -0.4 is 4.90 Å². The van der Waals surface area contributed by atoms with Crippen LogP contribution in [0.25, 0.3) is 0 Å². The van der Waals surface area contributed by atoms with Gasteiger partial charge >= 0.3 is 0 Å². The third-order valence-electron chi connectivity index (χ3n) is 2.20. The predicted octanol–water partition coefficient (Wildman–Crippen LogP) is 2.89. The SMILES string of the molecule is CCCCSc1nc(N(C)C(C)=O)c(C#N)s1.